The van der Waals surface area contributed by atoms with Crippen LogP contribution >= 0.6 is 24.4 Å². The average Bonchev–Trinajstić information content (AvgIpc) is 3.11. The number of para-hydroxylation sites is 1. The van der Waals surface area contributed by atoms with E-state index in [4.69, 9.17) is 4.74 Å². The van der Waals surface area contributed by atoms with Gasteiger partial charge in [-0.15, -0.1) is 0 Å². The Kier molecular flexibility index (Phi) is 10.3. The van der Waals surface area contributed by atoms with Gasteiger partial charge in [0.1, 0.15) is 11.6 Å². The molecule has 2 saturated heterocycles. The van der Waals surface area contributed by atoms with Gasteiger partial charge in [-0.25, -0.2) is 4.39 Å². The van der Waals surface area contributed by atoms with Gasteiger partial charge in [-0.1, -0.05) is 43.0 Å². The Labute approximate surface area is 217 Å². The van der Waals surface area contributed by atoms with Crippen molar-refractivity contribution in [2.24, 2.45) is 0 Å². The number of thiol groups is 1. The fourth-order valence-electron chi connectivity index (χ4n) is 4.46. The number of amides is 2. The number of piperidine rings is 1. The van der Waals surface area contributed by atoms with E-state index in [-0.39, 0.29) is 23.0 Å². The number of nitrogens with zero attached hydrogens (tertiary/aromatic N) is 2. The molecule has 0 aromatic heterocycles. The van der Waals surface area contributed by atoms with Crippen LogP contribution in [0.5, 0.6) is 5.75 Å². The van der Waals surface area contributed by atoms with E-state index in [1.54, 1.807) is 28.8 Å². The van der Waals surface area contributed by atoms with Gasteiger partial charge >= 0.3 is 0 Å². The molecule has 4 rings (SSSR count). The Hall–Kier alpha value is -2.23. The van der Waals surface area contributed by atoms with Crippen molar-refractivity contribution in [3.8, 4) is 5.75 Å². The number of thioether (sulfide) groups is 1. The van der Waals surface area contributed by atoms with E-state index in [9.17, 15) is 14.0 Å². The fraction of sp³-hybridized carbons (Fsp3) is 0.462. The minimum absolute atomic E-state index is 0.0917. The fourth-order valence-corrected chi connectivity index (χ4v) is 5.13. The summed E-state index contributed by atoms with van der Waals surface area (Å²) in [7, 11) is 0. The third kappa shape index (κ3) is 7.38. The smallest absolute Gasteiger partial charge is 0.278 e. The van der Waals surface area contributed by atoms with E-state index in [0.29, 0.717) is 32.5 Å². The zero-order valence-electron chi connectivity index (χ0n) is 20.3. The summed E-state index contributed by atoms with van der Waals surface area (Å²) in [6.07, 6.45) is 4.14. The second-order valence-corrected chi connectivity index (χ2v) is 9.94. The van der Waals surface area contributed by atoms with Gasteiger partial charge in [-0.3, -0.25) is 14.9 Å². The third-order valence-electron chi connectivity index (χ3n) is 6.30. The molecule has 2 aromatic rings. The highest BCUT2D eigenvalue weighted by atomic mass is 32.2. The van der Waals surface area contributed by atoms with E-state index in [0.717, 1.165) is 30.1 Å². The summed E-state index contributed by atoms with van der Waals surface area (Å²) < 4.78 is 18.4. The van der Waals surface area contributed by atoms with Gasteiger partial charge in [0.15, 0.2) is 0 Å². The van der Waals surface area contributed by atoms with Crippen LogP contribution in [0, 0.1) is 5.82 Å². The molecule has 1 N–H and O–H groups in total. The molecule has 0 aliphatic carbocycles. The van der Waals surface area contributed by atoms with Crippen LogP contribution in [0.2, 0.25) is 0 Å². The highest BCUT2D eigenvalue weighted by molar-refractivity contribution is 7.98. The number of benzene rings is 2. The van der Waals surface area contributed by atoms with E-state index >= 15 is 0 Å². The molecule has 0 saturated carbocycles. The quantitative estimate of drug-likeness (QED) is 0.515. The first-order valence-corrected chi connectivity index (χ1v) is 13.7. The Bertz CT molecular complexity index is 954. The number of likely N-dealkylation sites (tertiary alicyclic amines) is 1. The Morgan fingerprint density at radius 2 is 1.83 bits per heavy atom. The molecule has 190 valence electrons. The van der Waals surface area contributed by atoms with Crippen molar-refractivity contribution in [3.05, 3.63) is 66.0 Å². The van der Waals surface area contributed by atoms with Gasteiger partial charge < -0.3 is 14.5 Å². The summed E-state index contributed by atoms with van der Waals surface area (Å²) in [5, 5.41) is 3.33. The van der Waals surface area contributed by atoms with Crippen molar-refractivity contribution in [3.63, 3.8) is 0 Å². The van der Waals surface area contributed by atoms with Crippen molar-refractivity contribution in [1.82, 2.24) is 15.1 Å². The molecular formula is C26H34FN3O3S2. The molecule has 1 unspecified atom stereocenters. The number of carbonyl (C=O) groups excluding carboxylic acids is 2. The number of ether oxygens (including phenoxy) is 1. The molecule has 2 aliphatic rings. The summed E-state index contributed by atoms with van der Waals surface area (Å²) in [5.41, 5.74) is 0.452. The van der Waals surface area contributed by atoms with Crippen LogP contribution in [-0.2, 0) is 11.3 Å². The van der Waals surface area contributed by atoms with Crippen molar-refractivity contribution >= 4 is 35.5 Å². The molecule has 9 heteroatoms. The van der Waals surface area contributed by atoms with E-state index in [1.807, 2.05) is 48.4 Å². The Morgan fingerprint density at radius 3 is 2.40 bits per heavy atom. The predicted molar refractivity (Wildman–Crippen MR) is 142 cm³/mol. The molecule has 2 aliphatic heterocycles. The van der Waals surface area contributed by atoms with Gasteiger partial charge in [0.25, 0.3) is 5.24 Å². The van der Waals surface area contributed by atoms with Crippen LogP contribution in [0.1, 0.15) is 31.7 Å². The number of hydrogen-bond acceptors (Lipinski definition) is 5. The number of nitrogens with one attached hydrogen (secondary N) is 1. The van der Waals surface area contributed by atoms with Gasteiger partial charge in [-0.05, 0) is 55.2 Å². The first-order chi connectivity index (χ1) is 16.9. The molecule has 2 fully saturated rings. The maximum atomic E-state index is 13.2. The van der Waals surface area contributed by atoms with Gasteiger partial charge in [0.2, 0.25) is 5.91 Å². The zero-order valence-corrected chi connectivity index (χ0v) is 22.0. The molecule has 2 heterocycles. The van der Waals surface area contributed by atoms with E-state index in [1.165, 1.54) is 12.1 Å². The molecule has 2 aromatic carbocycles. The van der Waals surface area contributed by atoms with Crippen LogP contribution in [0.4, 0.5) is 9.18 Å². The molecule has 2 amide bonds. The SMILES string of the molecule is CCOc1ccccc1.CSCCC1NC2(CCN(C(=O)S)CC2)N(Cc2ccc(F)cc2)C1=O. The predicted octanol–water partition coefficient (Wildman–Crippen LogP) is 4.81. The normalized spacial score (nSPS) is 18.9. The largest absolute Gasteiger partial charge is 0.494 e. The van der Waals surface area contributed by atoms with Crippen LogP contribution in [0.3, 0.4) is 0 Å². The summed E-state index contributed by atoms with van der Waals surface area (Å²) in [4.78, 5) is 28.2. The lowest BCUT2D eigenvalue weighted by Gasteiger charge is -2.44. The molecule has 0 radical (unpaired) electrons. The van der Waals surface area contributed by atoms with Crippen molar-refractivity contribution in [2.75, 3.05) is 31.7 Å². The lowest BCUT2D eigenvalue weighted by molar-refractivity contribution is -0.134. The summed E-state index contributed by atoms with van der Waals surface area (Å²) in [6, 6.07) is 15.9. The van der Waals surface area contributed by atoms with E-state index < -0.39 is 5.66 Å². The Balaban J connectivity index is 0.000000320. The topological polar surface area (TPSA) is 61.9 Å². The molecule has 6 nitrogen and oxygen atoms in total. The lowest BCUT2D eigenvalue weighted by Crippen LogP contribution is -2.58. The van der Waals surface area contributed by atoms with Crippen molar-refractivity contribution < 1.29 is 18.7 Å². The van der Waals surface area contributed by atoms with Crippen molar-refractivity contribution in [1.29, 1.82) is 0 Å². The molecule has 1 atom stereocenters. The summed E-state index contributed by atoms with van der Waals surface area (Å²) in [6.45, 7) is 4.29. The van der Waals surface area contributed by atoms with Gasteiger partial charge in [-0.2, -0.15) is 11.8 Å². The monoisotopic (exact) mass is 519 g/mol. The van der Waals surface area contributed by atoms with Crippen LogP contribution < -0.4 is 10.1 Å². The standard InChI is InChI=1S/C18H24FN3O2S2.C8H10O/c1-26-11-6-15-16(23)22(12-13-2-4-14(19)5-3-13)18(20-15)7-9-21(10-8-18)17(24)25;1-2-9-8-6-4-3-5-7-8/h2-5,15,20H,6-12H2,1H3,(H,24,25);3-7H,2H2,1H3. The van der Waals surface area contributed by atoms with Gasteiger partial charge in [0.05, 0.1) is 18.3 Å². The zero-order chi connectivity index (χ0) is 25.3. The Morgan fingerprint density at radius 1 is 1.17 bits per heavy atom. The maximum absolute atomic E-state index is 13.2. The first-order valence-electron chi connectivity index (χ1n) is 11.9. The number of carbonyl (C=O) groups is 2. The van der Waals surface area contributed by atoms with Crippen LogP contribution in [0.15, 0.2) is 54.6 Å². The van der Waals surface area contributed by atoms with E-state index in [2.05, 4.69) is 17.9 Å². The second kappa shape index (κ2) is 13.2. The maximum Gasteiger partial charge on any atom is 0.278 e. The van der Waals surface area contributed by atoms with Gasteiger partial charge in [0, 0.05) is 32.5 Å². The highest BCUT2D eigenvalue weighted by Gasteiger charge is 2.51. The number of hydrogen-bond donors (Lipinski definition) is 2. The molecular weight excluding hydrogens is 485 g/mol. The number of halogens is 1. The molecule has 0 bridgehead atoms. The van der Waals surface area contributed by atoms with Crippen molar-refractivity contribution in [2.45, 2.75) is 44.4 Å². The lowest BCUT2D eigenvalue weighted by atomic mass is 9.95. The summed E-state index contributed by atoms with van der Waals surface area (Å²) >= 11 is 5.63. The van der Waals surface area contributed by atoms with Crippen LogP contribution in [-0.4, -0.2) is 64.4 Å². The minimum Gasteiger partial charge on any atom is -0.494 e. The highest BCUT2D eigenvalue weighted by Crippen LogP contribution is 2.35. The van der Waals surface area contributed by atoms with Crippen LogP contribution in [0.25, 0.3) is 0 Å². The number of rotatable bonds is 7. The molecule has 35 heavy (non-hydrogen) atoms. The first kappa shape index (κ1) is 27.4. The minimum atomic E-state index is -0.450. The summed E-state index contributed by atoms with van der Waals surface area (Å²) in [5.74, 6) is 1.66. The molecule has 1 spiro atoms. The third-order valence-corrected chi connectivity index (χ3v) is 7.23. The second-order valence-electron chi connectivity index (χ2n) is 8.58. The average molecular weight is 520 g/mol.